The quantitative estimate of drug-likeness (QED) is 0.851. The molecule has 2 aromatic rings. The molecule has 2 rings (SSSR count). The first-order valence-corrected chi connectivity index (χ1v) is 7.08. The lowest BCUT2D eigenvalue weighted by molar-refractivity contribution is 0.325. The van der Waals surface area contributed by atoms with Crippen LogP contribution in [0.15, 0.2) is 48.5 Å². The first kappa shape index (κ1) is 15.3. The maximum atomic E-state index is 13.6. The number of hydrogen-bond donors (Lipinski definition) is 1. The van der Waals surface area contributed by atoms with Crippen molar-refractivity contribution in [3.8, 4) is 5.75 Å². The maximum Gasteiger partial charge on any atom is 0.146 e. The Morgan fingerprint density at radius 1 is 1.10 bits per heavy atom. The zero-order valence-electron chi connectivity index (χ0n) is 12.3. The van der Waals surface area contributed by atoms with Gasteiger partial charge in [-0.2, -0.15) is 0 Å². The highest BCUT2D eigenvalue weighted by molar-refractivity contribution is 5.46. The van der Waals surface area contributed by atoms with E-state index in [1.54, 1.807) is 12.1 Å². The molecular formula is C17H21FN2O. The van der Waals surface area contributed by atoms with E-state index in [1.807, 2.05) is 42.3 Å². The van der Waals surface area contributed by atoms with E-state index >= 15 is 0 Å². The smallest absolute Gasteiger partial charge is 0.146 e. The number of para-hydroxylation sites is 1. The van der Waals surface area contributed by atoms with Crippen molar-refractivity contribution < 1.29 is 9.13 Å². The number of nitrogens with two attached hydrogens (primary N) is 1. The predicted octanol–water partition coefficient (Wildman–Crippen LogP) is 2.84. The van der Waals surface area contributed by atoms with Crippen molar-refractivity contribution in [2.75, 3.05) is 31.6 Å². The number of benzene rings is 2. The Labute approximate surface area is 125 Å². The van der Waals surface area contributed by atoms with E-state index in [0.717, 1.165) is 12.2 Å². The number of ether oxygens (including phenoxy) is 1. The second-order valence-corrected chi connectivity index (χ2v) is 4.90. The third-order valence-electron chi connectivity index (χ3n) is 3.32. The zero-order valence-corrected chi connectivity index (χ0v) is 12.3. The van der Waals surface area contributed by atoms with E-state index in [2.05, 4.69) is 0 Å². The normalized spacial score (nSPS) is 10.4. The van der Waals surface area contributed by atoms with E-state index in [0.29, 0.717) is 25.4 Å². The SMILES string of the molecule is CN(CCOc1ccc(CCN)cc1)c1ccccc1F. The summed E-state index contributed by atoms with van der Waals surface area (Å²) >= 11 is 0. The summed E-state index contributed by atoms with van der Waals surface area (Å²) in [7, 11) is 1.85. The van der Waals surface area contributed by atoms with Crippen LogP contribution in [0.2, 0.25) is 0 Å². The van der Waals surface area contributed by atoms with Crippen molar-refractivity contribution in [3.05, 3.63) is 59.9 Å². The topological polar surface area (TPSA) is 38.5 Å². The van der Waals surface area contributed by atoms with Gasteiger partial charge in [-0.15, -0.1) is 0 Å². The summed E-state index contributed by atoms with van der Waals surface area (Å²) in [5, 5.41) is 0. The predicted molar refractivity (Wildman–Crippen MR) is 84.4 cm³/mol. The second kappa shape index (κ2) is 7.64. The summed E-state index contributed by atoms with van der Waals surface area (Å²) in [5.41, 5.74) is 7.30. The molecule has 3 nitrogen and oxygen atoms in total. The third-order valence-corrected chi connectivity index (χ3v) is 3.32. The number of anilines is 1. The van der Waals surface area contributed by atoms with Gasteiger partial charge in [-0.1, -0.05) is 24.3 Å². The van der Waals surface area contributed by atoms with Crippen LogP contribution >= 0.6 is 0 Å². The van der Waals surface area contributed by atoms with Crippen molar-refractivity contribution in [3.63, 3.8) is 0 Å². The minimum Gasteiger partial charge on any atom is -0.492 e. The maximum absolute atomic E-state index is 13.6. The van der Waals surface area contributed by atoms with Gasteiger partial charge in [0.2, 0.25) is 0 Å². The standard InChI is InChI=1S/C17H21FN2O/c1-20(17-5-3-2-4-16(17)18)12-13-21-15-8-6-14(7-9-15)10-11-19/h2-9H,10-13,19H2,1H3. The molecule has 112 valence electrons. The highest BCUT2D eigenvalue weighted by Gasteiger charge is 2.06. The highest BCUT2D eigenvalue weighted by Crippen LogP contribution is 2.17. The molecular weight excluding hydrogens is 267 g/mol. The van der Waals surface area contributed by atoms with Gasteiger partial charge in [0.05, 0.1) is 12.2 Å². The Balaban J connectivity index is 1.82. The van der Waals surface area contributed by atoms with Crippen LogP contribution in [-0.2, 0) is 6.42 Å². The Bertz CT molecular complexity index is 557. The summed E-state index contributed by atoms with van der Waals surface area (Å²) in [6.07, 6.45) is 0.871. The molecule has 0 aliphatic heterocycles. The molecule has 0 saturated heterocycles. The molecule has 0 radical (unpaired) electrons. The van der Waals surface area contributed by atoms with Gasteiger partial charge in [0.15, 0.2) is 0 Å². The molecule has 0 atom stereocenters. The van der Waals surface area contributed by atoms with Gasteiger partial charge in [-0.05, 0) is 42.8 Å². The van der Waals surface area contributed by atoms with Gasteiger partial charge in [0.1, 0.15) is 18.2 Å². The minimum atomic E-state index is -0.217. The van der Waals surface area contributed by atoms with Crippen LogP contribution in [0.3, 0.4) is 0 Å². The Kier molecular flexibility index (Phi) is 5.58. The second-order valence-electron chi connectivity index (χ2n) is 4.90. The molecule has 0 amide bonds. The fourth-order valence-electron chi connectivity index (χ4n) is 2.10. The van der Waals surface area contributed by atoms with E-state index in [9.17, 15) is 4.39 Å². The summed E-state index contributed by atoms with van der Waals surface area (Å²) < 4.78 is 19.3. The van der Waals surface area contributed by atoms with E-state index < -0.39 is 0 Å². The first-order chi connectivity index (χ1) is 10.2. The number of halogens is 1. The third kappa shape index (κ3) is 4.46. The van der Waals surface area contributed by atoms with Crippen LogP contribution in [0.5, 0.6) is 5.75 Å². The Morgan fingerprint density at radius 3 is 2.48 bits per heavy atom. The van der Waals surface area contributed by atoms with Crippen LogP contribution in [-0.4, -0.2) is 26.7 Å². The molecule has 0 aliphatic rings. The van der Waals surface area contributed by atoms with E-state index in [1.165, 1.54) is 11.6 Å². The summed E-state index contributed by atoms with van der Waals surface area (Å²) in [5.74, 6) is 0.601. The lowest BCUT2D eigenvalue weighted by Crippen LogP contribution is -2.24. The largest absolute Gasteiger partial charge is 0.492 e. The summed E-state index contributed by atoms with van der Waals surface area (Å²) in [6, 6.07) is 14.6. The lowest BCUT2D eigenvalue weighted by Gasteiger charge is -2.20. The molecule has 0 saturated carbocycles. The van der Waals surface area contributed by atoms with Crippen molar-refractivity contribution in [2.45, 2.75) is 6.42 Å². The number of likely N-dealkylation sites (N-methyl/N-ethyl adjacent to an activating group) is 1. The van der Waals surface area contributed by atoms with E-state index in [4.69, 9.17) is 10.5 Å². The van der Waals surface area contributed by atoms with Gasteiger partial charge in [0.25, 0.3) is 0 Å². The summed E-state index contributed by atoms with van der Waals surface area (Å²) in [4.78, 5) is 1.85. The van der Waals surface area contributed by atoms with E-state index in [-0.39, 0.29) is 5.82 Å². The molecule has 0 heterocycles. The van der Waals surface area contributed by atoms with Crippen LogP contribution in [0.1, 0.15) is 5.56 Å². The molecule has 0 spiro atoms. The molecule has 2 N–H and O–H groups in total. The van der Waals surface area contributed by atoms with Crippen LogP contribution in [0, 0.1) is 5.82 Å². The molecule has 2 aromatic carbocycles. The van der Waals surface area contributed by atoms with Gasteiger partial charge < -0.3 is 15.4 Å². The zero-order chi connectivity index (χ0) is 15.1. The lowest BCUT2D eigenvalue weighted by atomic mass is 10.1. The van der Waals surface area contributed by atoms with Gasteiger partial charge in [-0.3, -0.25) is 0 Å². The van der Waals surface area contributed by atoms with Crippen LogP contribution < -0.4 is 15.4 Å². The average Bonchev–Trinajstić information content (AvgIpc) is 2.49. The molecule has 0 bridgehead atoms. The van der Waals surface area contributed by atoms with Gasteiger partial charge >= 0.3 is 0 Å². The number of rotatable bonds is 7. The molecule has 21 heavy (non-hydrogen) atoms. The minimum absolute atomic E-state index is 0.217. The highest BCUT2D eigenvalue weighted by atomic mass is 19.1. The molecule has 0 unspecified atom stereocenters. The molecule has 4 heteroatoms. The Morgan fingerprint density at radius 2 is 1.81 bits per heavy atom. The first-order valence-electron chi connectivity index (χ1n) is 7.08. The number of hydrogen-bond acceptors (Lipinski definition) is 3. The molecule has 0 fully saturated rings. The van der Waals surface area contributed by atoms with Gasteiger partial charge in [-0.25, -0.2) is 4.39 Å². The molecule has 0 aliphatic carbocycles. The fourth-order valence-corrected chi connectivity index (χ4v) is 2.10. The van der Waals surface area contributed by atoms with Crippen LogP contribution in [0.25, 0.3) is 0 Å². The molecule has 0 aromatic heterocycles. The summed E-state index contributed by atoms with van der Waals surface area (Å²) in [6.45, 7) is 1.76. The van der Waals surface area contributed by atoms with Crippen molar-refractivity contribution >= 4 is 5.69 Å². The fraction of sp³-hybridized carbons (Fsp3) is 0.294. The monoisotopic (exact) mass is 288 g/mol. The number of nitrogens with zero attached hydrogens (tertiary/aromatic N) is 1. The van der Waals surface area contributed by atoms with Crippen molar-refractivity contribution in [1.82, 2.24) is 0 Å². The van der Waals surface area contributed by atoms with Crippen molar-refractivity contribution in [1.29, 1.82) is 0 Å². The van der Waals surface area contributed by atoms with Crippen LogP contribution in [0.4, 0.5) is 10.1 Å². The van der Waals surface area contributed by atoms with Crippen molar-refractivity contribution in [2.24, 2.45) is 5.73 Å². The Hall–Kier alpha value is -2.07. The average molecular weight is 288 g/mol. The van der Waals surface area contributed by atoms with Gasteiger partial charge in [0, 0.05) is 7.05 Å².